The van der Waals surface area contributed by atoms with E-state index in [4.69, 9.17) is 11.5 Å². The highest BCUT2D eigenvalue weighted by Crippen LogP contribution is 2.06. The summed E-state index contributed by atoms with van der Waals surface area (Å²) in [5, 5.41) is 0. The molecule has 1 aliphatic heterocycles. The van der Waals surface area contributed by atoms with E-state index in [1.807, 2.05) is 19.1 Å². The van der Waals surface area contributed by atoms with Crippen molar-refractivity contribution >= 4 is 0 Å². The normalized spacial score (nSPS) is 21.8. The fourth-order valence-electron chi connectivity index (χ4n) is 1.78. The van der Waals surface area contributed by atoms with Crippen molar-refractivity contribution in [1.29, 1.82) is 0 Å². The molecular formula is C12H24N4. The van der Waals surface area contributed by atoms with Crippen LogP contribution in [0, 0.1) is 0 Å². The summed E-state index contributed by atoms with van der Waals surface area (Å²) in [6, 6.07) is 0. The van der Waals surface area contributed by atoms with Crippen molar-refractivity contribution < 1.29 is 0 Å². The first-order valence-corrected chi connectivity index (χ1v) is 5.92. The van der Waals surface area contributed by atoms with Gasteiger partial charge in [0.15, 0.2) is 0 Å². The maximum absolute atomic E-state index is 6.03. The summed E-state index contributed by atoms with van der Waals surface area (Å²) in [4.78, 5) is 4.58. The van der Waals surface area contributed by atoms with E-state index in [1.54, 1.807) is 0 Å². The highest BCUT2D eigenvalue weighted by atomic mass is 15.2. The van der Waals surface area contributed by atoms with Gasteiger partial charge in [0.25, 0.3) is 0 Å². The Morgan fingerprint density at radius 3 is 2.38 bits per heavy atom. The maximum atomic E-state index is 6.03. The van der Waals surface area contributed by atoms with Crippen LogP contribution in [0.15, 0.2) is 23.7 Å². The van der Waals surface area contributed by atoms with E-state index in [0.29, 0.717) is 0 Å². The predicted molar refractivity (Wildman–Crippen MR) is 68.5 cm³/mol. The number of nitrogens with two attached hydrogens (primary N) is 2. The van der Waals surface area contributed by atoms with Gasteiger partial charge in [-0.05, 0) is 45.5 Å². The van der Waals surface area contributed by atoms with Crippen LogP contribution in [0.2, 0.25) is 0 Å². The zero-order chi connectivity index (χ0) is 12.0. The van der Waals surface area contributed by atoms with Crippen molar-refractivity contribution in [2.45, 2.75) is 19.8 Å². The Morgan fingerprint density at radius 2 is 1.69 bits per heavy atom. The summed E-state index contributed by atoms with van der Waals surface area (Å²) in [5.41, 5.74) is 12.4. The van der Waals surface area contributed by atoms with Crippen molar-refractivity contribution in [3.8, 4) is 0 Å². The van der Waals surface area contributed by atoms with Gasteiger partial charge in [-0.3, -0.25) is 0 Å². The molecule has 0 radical (unpaired) electrons. The van der Waals surface area contributed by atoms with Crippen molar-refractivity contribution in [3.63, 3.8) is 0 Å². The van der Waals surface area contributed by atoms with Gasteiger partial charge in [0, 0.05) is 25.3 Å². The molecule has 4 nitrogen and oxygen atoms in total. The minimum atomic E-state index is 0.784. The highest BCUT2D eigenvalue weighted by Gasteiger charge is 2.10. The van der Waals surface area contributed by atoms with E-state index in [0.717, 1.165) is 31.2 Å². The fraction of sp³-hybridized carbons (Fsp3) is 0.667. The highest BCUT2D eigenvalue weighted by molar-refractivity contribution is 5.12. The molecule has 0 aromatic rings. The Labute approximate surface area is 98.6 Å². The van der Waals surface area contributed by atoms with Gasteiger partial charge in [-0.25, -0.2) is 0 Å². The fourth-order valence-corrected chi connectivity index (χ4v) is 1.78. The molecule has 0 atom stereocenters. The van der Waals surface area contributed by atoms with Gasteiger partial charge in [0.2, 0.25) is 0 Å². The van der Waals surface area contributed by atoms with Crippen molar-refractivity contribution in [2.24, 2.45) is 11.5 Å². The third-order valence-electron chi connectivity index (χ3n) is 2.85. The Bertz CT molecular complexity index is 266. The first-order valence-electron chi connectivity index (χ1n) is 5.92. The Kier molecular flexibility index (Phi) is 5.19. The molecule has 1 fully saturated rings. The van der Waals surface area contributed by atoms with Gasteiger partial charge in [0.05, 0.1) is 5.82 Å². The first kappa shape index (κ1) is 12.9. The maximum Gasteiger partial charge on any atom is 0.0987 e. The summed E-state index contributed by atoms with van der Waals surface area (Å²) in [5.74, 6) is 0.820. The van der Waals surface area contributed by atoms with E-state index >= 15 is 0 Å². The predicted octanol–water partition coefficient (Wildman–Crippen LogP) is 0.677. The average molecular weight is 224 g/mol. The lowest BCUT2D eigenvalue weighted by Gasteiger charge is -2.30. The van der Waals surface area contributed by atoms with Crippen LogP contribution in [-0.2, 0) is 0 Å². The average Bonchev–Trinajstić information content (AvgIpc) is 2.21. The summed E-state index contributed by atoms with van der Waals surface area (Å²) in [6.45, 7) is 6.17. The molecule has 1 heterocycles. The first-order chi connectivity index (χ1) is 7.59. The number of hydrogen-bond acceptors (Lipinski definition) is 4. The monoisotopic (exact) mass is 224 g/mol. The van der Waals surface area contributed by atoms with Crippen LogP contribution in [0.1, 0.15) is 19.8 Å². The third kappa shape index (κ3) is 4.57. The van der Waals surface area contributed by atoms with E-state index in [1.165, 1.54) is 19.4 Å². The largest absolute Gasteiger partial charge is 0.402 e. The van der Waals surface area contributed by atoms with Crippen LogP contribution >= 0.6 is 0 Å². The summed E-state index contributed by atoms with van der Waals surface area (Å²) in [7, 11) is 2.16. The third-order valence-corrected chi connectivity index (χ3v) is 2.85. The van der Waals surface area contributed by atoms with Crippen LogP contribution in [0.5, 0.6) is 0 Å². The molecule has 4 N–H and O–H groups in total. The topological polar surface area (TPSA) is 58.5 Å². The molecule has 16 heavy (non-hydrogen) atoms. The van der Waals surface area contributed by atoms with E-state index in [9.17, 15) is 0 Å². The molecule has 0 unspecified atom stereocenters. The molecule has 0 aromatic heterocycles. The lowest BCUT2D eigenvalue weighted by molar-refractivity contribution is 0.225. The van der Waals surface area contributed by atoms with Crippen LogP contribution in [-0.4, -0.2) is 43.0 Å². The van der Waals surface area contributed by atoms with Crippen LogP contribution in [0.25, 0.3) is 0 Å². The van der Waals surface area contributed by atoms with Gasteiger partial charge in [-0.15, -0.1) is 0 Å². The van der Waals surface area contributed by atoms with Gasteiger partial charge in [-0.1, -0.05) is 0 Å². The molecule has 0 saturated carbocycles. The molecule has 1 saturated heterocycles. The minimum absolute atomic E-state index is 0.784. The molecule has 4 heteroatoms. The Morgan fingerprint density at radius 1 is 1.00 bits per heavy atom. The van der Waals surface area contributed by atoms with Gasteiger partial charge < -0.3 is 21.3 Å². The molecule has 0 aliphatic carbocycles. The molecule has 0 aromatic carbocycles. The Balaban J connectivity index is 2.56. The lowest BCUT2D eigenvalue weighted by Crippen LogP contribution is -2.38. The molecule has 1 aliphatic rings. The van der Waals surface area contributed by atoms with Crippen LogP contribution in [0.4, 0.5) is 0 Å². The quantitative estimate of drug-likeness (QED) is 0.677. The second-order valence-electron chi connectivity index (χ2n) is 4.50. The van der Waals surface area contributed by atoms with Crippen molar-refractivity contribution in [2.75, 3.05) is 33.2 Å². The molecule has 92 valence electrons. The molecule has 0 amide bonds. The second kappa shape index (κ2) is 6.43. The number of likely N-dealkylation sites (N-methyl/N-ethyl adjacent to an activating group) is 1. The molecule has 1 rings (SSSR count). The van der Waals surface area contributed by atoms with Gasteiger partial charge in [0.1, 0.15) is 0 Å². The smallest absolute Gasteiger partial charge is 0.0987 e. The number of allylic oxidation sites excluding steroid dienone is 3. The van der Waals surface area contributed by atoms with Crippen molar-refractivity contribution in [3.05, 3.63) is 23.7 Å². The van der Waals surface area contributed by atoms with E-state index < -0.39 is 0 Å². The van der Waals surface area contributed by atoms with Crippen LogP contribution < -0.4 is 11.5 Å². The molecule has 0 bridgehead atoms. The van der Waals surface area contributed by atoms with E-state index in [-0.39, 0.29) is 0 Å². The summed E-state index contributed by atoms with van der Waals surface area (Å²) < 4.78 is 0. The SMILES string of the molecule is C/C(N)=C/C=C(\N)N1CCCCN(C)CC1. The summed E-state index contributed by atoms with van der Waals surface area (Å²) in [6.07, 6.45) is 6.20. The number of nitrogens with zero attached hydrogens (tertiary/aromatic N) is 2. The standard InChI is InChI=1S/C12H24N4/c1-11(13)5-6-12(14)16-8-4-3-7-15(2)9-10-16/h5-6H,3-4,7-10,13-14H2,1-2H3/b11-5-,12-6+. The van der Waals surface area contributed by atoms with Gasteiger partial charge >= 0.3 is 0 Å². The zero-order valence-electron chi connectivity index (χ0n) is 10.4. The van der Waals surface area contributed by atoms with E-state index in [2.05, 4.69) is 16.8 Å². The summed E-state index contributed by atoms with van der Waals surface area (Å²) >= 11 is 0. The van der Waals surface area contributed by atoms with Crippen LogP contribution in [0.3, 0.4) is 0 Å². The number of rotatable bonds is 2. The lowest BCUT2D eigenvalue weighted by atomic mass is 10.2. The second-order valence-corrected chi connectivity index (χ2v) is 4.50. The minimum Gasteiger partial charge on any atom is -0.402 e. The van der Waals surface area contributed by atoms with Crippen molar-refractivity contribution in [1.82, 2.24) is 9.80 Å². The molecular weight excluding hydrogens is 200 g/mol. The molecule has 0 spiro atoms. The number of hydrogen-bond donors (Lipinski definition) is 2. The Hall–Kier alpha value is -1.16. The zero-order valence-corrected chi connectivity index (χ0v) is 10.4. The van der Waals surface area contributed by atoms with Gasteiger partial charge in [-0.2, -0.15) is 0 Å².